The minimum atomic E-state index is -1.38. The van der Waals surface area contributed by atoms with Gasteiger partial charge in [0.05, 0.1) is 12.7 Å². The lowest BCUT2D eigenvalue weighted by molar-refractivity contribution is -0.116. The topological polar surface area (TPSA) is 149 Å². The standard InChI is InChI=1S/C20H22O9/c21-8-16-17(25)18(26)20(29-16)27-11-5-13(23)12-7-14(24)19(28-15(12)6-11)9-1-3-10(22)4-2-9/h1-6,14,16-26H,7-8H2/t14-,16+,17+,18-,19-,20-/m1/s1. The summed E-state index contributed by atoms with van der Waals surface area (Å²) >= 11 is 0. The molecule has 2 aliphatic rings. The van der Waals surface area contributed by atoms with E-state index in [1.165, 1.54) is 24.3 Å². The van der Waals surface area contributed by atoms with E-state index in [0.29, 0.717) is 11.1 Å². The van der Waals surface area contributed by atoms with E-state index in [0.717, 1.165) is 0 Å². The minimum Gasteiger partial charge on any atom is -0.508 e. The lowest BCUT2D eigenvalue weighted by atomic mass is 9.94. The van der Waals surface area contributed by atoms with Crippen LogP contribution in [0.25, 0.3) is 0 Å². The summed E-state index contributed by atoms with van der Waals surface area (Å²) in [7, 11) is 0. The smallest absolute Gasteiger partial charge is 0.229 e. The maximum Gasteiger partial charge on any atom is 0.229 e. The highest BCUT2D eigenvalue weighted by Crippen LogP contribution is 2.42. The Kier molecular flexibility index (Phi) is 5.24. The zero-order chi connectivity index (χ0) is 20.7. The van der Waals surface area contributed by atoms with Gasteiger partial charge in [-0.05, 0) is 17.7 Å². The summed E-state index contributed by atoms with van der Waals surface area (Å²) in [6.07, 6.45) is -6.38. The van der Waals surface area contributed by atoms with Gasteiger partial charge < -0.3 is 44.8 Å². The van der Waals surface area contributed by atoms with Crippen molar-refractivity contribution in [3.63, 3.8) is 0 Å². The van der Waals surface area contributed by atoms with Crippen molar-refractivity contribution in [2.75, 3.05) is 6.61 Å². The molecule has 6 N–H and O–H groups in total. The number of fused-ring (bicyclic) bond motifs is 1. The van der Waals surface area contributed by atoms with Gasteiger partial charge >= 0.3 is 0 Å². The van der Waals surface area contributed by atoms with E-state index >= 15 is 0 Å². The number of phenols is 2. The van der Waals surface area contributed by atoms with E-state index in [2.05, 4.69) is 0 Å². The van der Waals surface area contributed by atoms with Crippen molar-refractivity contribution in [3.8, 4) is 23.0 Å². The Balaban J connectivity index is 1.57. The number of ether oxygens (including phenoxy) is 3. The lowest BCUT2D eigenvalue weighted by Crippen LogP contribution is -2.35. The lowest BCUT2D eigenvalue weighted by Gasteiger charge is -2.31. The van der Waals surface area contributed by atoms with Gasteiger partial charge in [0, 0.05) is 24.1 Å². The molecule has 4 rings (SSSR count). The molecule has 1 saturated heterocycles. The summed E-state index contributed by atoms with van der Waals surface area (Å²) in [5, 5.41) is 59.2. The summed E-state index contributed by atoms with van der Waals surface area (Å²) in [6, 6.07) is 9.02. The molecule has 1 fully saturated rings. The third kappa shape index (κ3) is 3.70. The fourth-order valence-corrected chi connectivity index (χ4v) is 3.57. The van der Waals surface area contributed by atoms with Gasteiger partial charge in [-0.25, -0.2) is 0 Å². The van der Waals surface area contributed by atoms with Crippen LogP contribution >= 0.6 is 0 Å². The molecule has 0 saturated carbocycles. The van der Waals surface area contributed by atoms with E-state index in [9.17, 15) is 25.5 Å². The normalized spacial score (nSPS) is 31.2. The molecule has 2 aromatic rings. The van der Waals surface area contributed by atoms with E-state index in [4.69, 9.17) is 19.3 Å². The SMILES string of the molecule is OC[C@@H]1O[C@@H](Oc2cc(O)c3c(c2)O[C@H](c2ccc(O)cc2)[C@H](O)C3)[C@H](O)[C@H]1O. The van der Waals surface area contributed by atoms with E-state index in [-0.39, 0.29) is 29.4 Å². The molecule has 0 unspecified atom stereocenters. The van der Waals surface area contributed by atoms with Gasteiger partial charge in [-0.15, -0.1) is 0 Å². The van der Waals surface area contributed by atoms with Crippen molar-refractivity contribution in [1.82, 2.24) is 0 Å². The van der Waals surface area contributed by atoms with Crippen LogP contribution in [0.4, 0.5) is 0 Å². The zero-order valence-corrected chi connectivity index (χ0v) is 15.3. The Morgan fingerprint density at radius 1 is 1.00 bits per heavy atom. The van der Waals surface area contributed by atoms with Crippen LogP contribution in [0.15, 0.2) is 36.4 Å². The number of benzene rings is 2. The van der Waals surface area contributed by atoms with Gasteiger partial charge in [0.25, 0.3) is 0 Å². The maximum atomic E-state index is 10.4. The van der Waals surface area contributed by atoms with Crippen LogP contribution in [0.5, 0.6) is 23.0 Å². The average molecular weight is 406 g/mol. The largest absolute Gasteiger partial charge is 0.508 e. The summed E-state index contributed by atoms with van der Waals surface area (Å²) in [4.78, 5) is 0. The molecule has 156 valence electrons. The molecule has 0 amide bonds. The van der Waals surface area contributed by atoms with Crippen LogP contribution in [0.2, 0.25) is 0 Å². The molecule has 0 bridgehead atoms. The van der Waals surface area contributed by atoms with Gasteiger partial charge in [-0.2, -0.15) is 0 Å². The van der Waals surface area contributed by atoms with E-state index < -0.39 is 43.4 Å². The van der Waals surface area contributed by atoms with Crippen LogP contribution in [0.3, 0.4) is 0 Å². The van der Waals surface area contributed by atoms with Crippen molar-refractivity contribution in [3.05, 3.63) is 47.5 Å². The Morgan fingerprint density at radius 2 is 1.72 bits per heavy atom. The quantitative estimate of drug-likeness (QED) is 0.411. The molecule has 0 spiro atoms. The molecule has 0 radical (unpaired) electrons. The van der Waals surface area contributed by atoms with Crippen molar-refractivity contribution >= 4 is 0 Å². The molecule has 0 aliphatic carbocycles. The first-order valence-corrected chi connectivity index (χ1v) is 9.16. The summed E-state index contributed by atoms with van der Waals surface area (Å²) < 4.78 is 16.7. The fraction of sp³-hybridized carbons (Fsp3) is 0.400. The molecule has 9 nitrogen and oxygen atoms in total. The number of aromatic hydroxyl groups is 2. The number of rotatable bonds is 4. The minimum absolute atomic E-state index is 0.0891. The van der Waals surface area contributed by atoms with Crippen LogP contribution in [-0.4, -0.2) is 68.0 Å². The van der Waals surface area contributed by atoms with E-state index in [1.54, 1.807) is 12.1 Å². The molecule has 2 heterocycles. The third-order valence-electron chi connectivity index (χ3n) is 5.15. The molecule has 2 aliphatic heterocycles. The first-order valence-electron chi connectivity index (χ1n) is 9.16. The molecule has 29 heavy (non-hydrogen) atoms. The van der Waals surface area contributed by atoms with Gasteiger partial charge in [0.2, 0.25) is 6.29 Å². The zero-order valence-electron chi connectivity index (χ0n) is 15.3. The molecular formula is C20H22O9. The van der Waals surface area contributed by atoms with Crippen molar-refractivity contribution in [2.24, 2.45) is 0 Å². The Hall–Kier alpha value is -2.56. The predicted molar refractivity (Wildman–Crippen MR) is 97.7 cm³/mol. The predicted octanol–water partition coefficient (Wildman–Crippen LogP) is -0.0473. The van der Waals surface area contributed by atoms with Crippen LogP contribution in [0, 0.1) is 0 Å². The van der Waals surface area contributed by atoms with Crippen LogP contribution in [0.1, 0.15) is 17.2 Å². The number of aliphatic hydroxyl groups excluding tert-OH is 4. The Bertz CT molecular complexity index is 869. The van der Waals surface area contributed by atoms with Crippen LogP contribution < -0.4 is 9.47 Å². The van der Waals surface area contributed by atoms with Gasteiger partial charge in [-0.3, -0.25) is 0 Å². The summed E-state index contributed by atoms with van der Waals surface area (Å²) in [5.74, 6) is 0.339. The highest BCUT2D eigenvalue weighted by Gasteiger charge is 2.44. The van der Waals surface area contributed by atoms with Gasteiger partial charge in [0.15, 0.2) is 0 Å². The second kappa shape index (κ2) is 7.69. The first-order chi connectivity index (χ1) is 13.9. The Morgan fingerprint density at radius 3 is 2.38 bits per heavy atom. The summed E-state index contributed by atoms with van der Waals surface area (Å²) in [6.45, 7) is -0.483. The second-order valence-corrected chi connectivity index (χ2v) is 7.15. The highest BCUT2D eigenvalue weighted by atomic mass is 16.7. The molecule has 2 aromatic carbocycles. The number of hydrogen-bond acceptors (Lipinski definition) is 9. The molecule has 0 aromatic heterocycles. The van der Waals surface area contributed by atoms with Crippen molar-refractivity contribution < 1.29 is 44.8 Å². The molecular weight excluding hydrogens is 384 g/mol. The third-order valence-corrected chi connectivity index (χ3v) is 5.15. The van der Waals surface area contributed by atoms with Crippen molar-refractivity contribution in [1.29, 1.82) is 0 Å². The monoisotopic (exact) mass is 406 g/mol. The molecule has 6 atom stereocenters. The number of hydrogen-bond donors (Lipinski definition) is 6. The second-order valence-electron chi connectivity index (χ2n) is 7.15. The van der Waals surface area contributed by atoms with Gasteiger partial charge in [0.1, 0.15) is 47.4 Å². The van der Waals surface area contributed by atoms with Crippen molar-refractivity contribution in [2.45, 2.75) is 43.2 Å². The van der Waals surface area contributed by atoms with Gasteiger partial charge in [-0.1, -0.05) is 12.1 Å². The fourth-order valence-electron chi connectivity index (χ4n) is 3.57. The first kappa shape index (κ1) is 19.7. The summed E-state index contributed by atoms with van der Waals surface area (Å²) in [5.41, 5.74) is 1.05. The van der Waals surface area contributed by atoms with Crippen LogP contribution in [-0.2, 0) is 11.2 Å². The van der Waals surface area contributed by atoms with E-state index in [1.807, 2.05) is 0 Å². The molecule has 9 heteroatoms. The highest BCUT2D eigenvalue weighted by molar-refractivity contribution is 5.52. The number of aliphatic hydroxyl groups is 4. The maximum absolute atomic E-state index is 10.4. The average Bonchev–Trinajstić information content (AvgIpc) is 2.97. The Labute approximate surface area is 166 Å². The number of phenolic OH excluding ortho intramolecular Hbond substituents is 2.